The topological polar surface area (TPSA) is 28.2 Å². The van der Waals surface area contributed by atoms with Crippen LogP contribution in [0.3, 0.4) is 0 Å². The van der Waals surface area contributed by atoms with Crippen LogP contribution in [0, 0.1) is 12.1 Å². The van der Waals surface area contributed by atoms with Gasteiger partial charge in [-0.05, 0) is 0 Å². The molecule has 166 valence electrons. The van der Waals surface area contributed by atoms with Crippen molar-refractivity contribution in [1.82, 2.24) is 0 Å². The molecule has 0 bridgehead atoms. The van der Waals surface area contributed by atoms with Gasteiger partial charge in [0.15, 0.2) is 0 Å². The normalized spacial score (nSPS) is 7.53. The molecule has 2 nitrogen and oxygen atoms in total. The third kappa shape index (κ3) is 24.6. The van der Waals surface area contributed by atoms with Crippen LogP contribution in [0.1, 0.15) is 27.7 Å². The number of hydrogen-bond acceptors (Lipinski definition) is 0. The van der Waals surface area contributed by atoms with Crippen molar-refractivity contribution < 1.29 is 191 Å². The molecule has 0 amide bonds. The second kappa shape index (κ2) is 33.9. The van der Waals surface area contributed by atoms with Crippen molar-refractivity contribution in [2.45, 2.75) is 39.8 Å². The maximum absolute atomic E-state index is 4.52. The molecule has 0 aliphatic rings. The van der Waals surface area contributed by atoms with E-state index in [4.69, 9.17) is 0 Å². The summed E-state index contributed by atoms with van der Waals surface area (Å²) in [7, 11) is 0. The van der Waals surface area contributed by atoms with Crippen LogP contribution in [0.2, 0.25) is 0 Å². The summed E-state index contributed by atoms with van der Waals surface area (Å²) >= 11 is 6.67. The van der Waals surface area contributed by atoms with Gasteiger partial charge in [0.05, 0.1) is 0 Å². The first-order valence-electron chi connectivity index (χ1n) is 7.34. The van der Waals surface area contributed by atoms with Crippen LogP contribution < -0.4 is 0 Å². The van der Waals surface area contributed by atoms with Gasteiger partial charge in [-0.15, -0.1) is 12.1 Å². The van der Waals surface area contributed by atoms with E-state index in [1.54, 1.807) is 64.9 Å². The fraction of sp³-hybridized carbons (Fsp3) is 0.333. The average Bonchev–Trinajstić information content (AvgIpc) is 2.58. The second-order valence-corrected chi connectivity index (χ2v) is 5.35. The molecule has 0 aliphatic heterocycles. The molecule has 2 aromatic carbocycles. The molecule has 0 fully saturated rings. The zero-order chi connectivity index (χ0) is 18.5. The Bertz CT molecular complexity index is 562. The molecule has 2 aromatic rings. The molecule has 2 rings (SSSR count). The molecule has 0 heterocycles. The van der Waals surface area contributed by atoms with Gasteiger partial charge in [0.2, 0.25) is 0 Å². The molecule has 0 radical (unpaired) electrons. The van der Waals surface area contributed by atoms with Crippen molar-refractivity contribution in [1.29, 1.82) is 0 Å². The first kappa shape index (κ1) is 51.5. The predicted octanol–water partition coefficient (Wildman–Crippen LogP) is 5.76. The fourth-order valence-electron chi connectivity index (χ4n) is 1.93. The van der Waals surface area contributed by atoms with Crippen molar-refractivity contribution in [2.24, 2.45) is 0 Å². The van der Waals surface area contributed by atoms with Crippen molar-refractivity contribution in [3.05, 3.63) is 59.2 Å². The zero-order valence-corrected chi connectivity index (χ0v) is 45.9. The Morgan fingerprint density at radius 1 is 0.567 bits per heavy atom. The Kier molecular flexibility index (Phi) is 58.3. The predicted molar refractivity (Wildman–Crippen MR) is 85.9 cm³/mol. The van der Waals surface area contributed by atoms with Crippen molar-refractivity contribution in [3.63, 3.8) is 0 Å². The van der Waals surface area contributed by atoms with Crippen LogP contribution in [0.15, 0.2) is 36.4 Å². The van der Waals surface area contributed by atoms with E-state index in [2.05, 4.69) is 50.5 Å². The Hall–Kier alpha value is 4.92. The molecule has 0 spiro atoms. The summed E-state index contributed by atoms with van der Waals surface area (Å²) in [6, 6.07) is 19.2. The van der Waals surface area contributed by atoms with E-state index in [0.717, 1.165) is 22.5 Å². The summed E-state index contributed by atoms with van der Waals surface area (Å²) in [4.78, 5) is 0. The molecular formula is C18H20N2W10-4. The van der Waals surface area contributed by atoms with Gasteiger partial charge in [-0.25, -0.2) is 34.6 Å². The van der Waals surface area contributed by atoms with Crippen molar-refractivity contribution >= 4 is 11.4 Å². The first-order chi connectivity index (χ1) is 11.5. The molecule has 0 N–H and O–H groups in total. The van der Waals surface area contributed by atoms with E-state index < -0.39 is 0 Å². The van der Waals surface area contributed by atoms with Gasteiger partial charge in [-0.3, -0.25) is 0 Å². The minimum atomic E-state index is 0. The Labute approximate surface area is 306 Å². The standard InChI is InChI=1S/C18H20N2.10W/c1-13(2)19-17-9-5-7-15(11-17)16-8-6-10-18(12-16)20-14(3)4;;;;;;;;;;/h5-10,13-14H,1-4H3;;;;;;;;;;/q-4;;;;;;;;;;. The summed E-state index contributed by atoms with van der Waals surface area (Å²) in [6.45, 7) is 8.26. The van der Waals surface area contributed by atoms with Crippen molar-refractivity contribution in [2.75, 3.05) is 0 Å². The summed E-state index contributed by atoms with van der Waals surface area (Å²) in [5, 5.41) is 9.05. The SMILES string of the molecule is CC(C)[N-]c1[c-]c(-c2[c-]c([N-]C(C)C)ccc2)ccc1.[W].[W].[W].[W].[W].[W].[W]=[W].[W]=[W]. The quantitative estimate of drug-likeness (QED) is 0.342. The molecule has 0 unspecified atom stereocenters. The van der Waals surface area contributed by atoms with Gasteiger partial charge < -0.3 is 10.6 Å². The monoisotopic (exact) mass is 2100 g/mol. The third-order valence-electron chi connectivity index (χ3n) is 2.64. The minimum absolute atomic E-state index is 0. The fourth-order valence-corrected chi connectivity index (χ4v) is 1.93. The molecule has 12 heteroatoms. The summed E-state index contributed by atoms with van der Waals surface area (Å²) in [5.74, 6) is 0. The van der Waals surface area contributed by atoms with E-state index in [-0.39, 0.29) is 138 Å². The average molecular weight is 2100 g/mol. The van der Waals surface area contributed by atoms with Crippen LogP contribution in [-0.2, 0) is 191 Å². The Morgan fingerprint density at radius 2 is 0.833 bits per heavy atom. The molecule has 0 aliphatic carbocycles. The van der Waals surface area contributed by atoms with Crippen LogP contribution in [0.4, 0.5) is 11.4 Å². The molecule has 0 aromatic heterocycles. The van der Waals surface area contributed by atoms with Gasteiger partial charge in [-0.2, -0.15) is 36.4 Å². The molecule has 0 atom stereocenters. The Balaban J connectivity index is -0.0000000999. The van der Waals surface area contributed by atoms with Crippen LogP contribution in [0.25, 0.3) is 21.8 Å². The summed E-state index contributed by atoms with van der Waals surface area (Å²) in [6.07, 6.45) is 0. The molecular weight excluding hydrogens is 2080 g/mol. The molecule has 0 saturated heterocycles. The van der Waals surface area contributed by atoms with Crippen LogP contribution >= 0.6 is 0 Å². The van der Waals surface area contributed by atoms with Gasteiger partial charge in [0.25, 0.3) is 0 Å². The Morgan fingerprint density at radius 3 is 1.07 bits per heavy atom. The number of rotatable bonds is 5. The third-order valence-corrected chi connectivity index (χ3v) is 2.64. The van der Waals surface area contributed by atoms with Crippen molar-refractivity contribution in [3.8, 4) is 11.1 Å². The second-order valence-electron chi connectivity index (χ2n) is 5.35. The van der Waals surface area contributed by atoms with Gasteiger partial charge in [0.1, 0.15) is 0 Å². The van der Waals surface area contributed by atoms with Crippen LogP contribution in [-0.4, -0.2) is 12.1 Å². The number of benzene rings is 2. The summed E-state index contributed by atoms with van der Waals surface area (Å²) in [5.41, 5.74) is 3.79. The number of hydrogen-bond donors (Lipinski definition) is 0. The van der Waals surface area contributed by atoms with E-state index in [1.807, 2.05) is 36.4 Å². The van der Waals surface area contributed by atoms with E-state index >= 15 is 0 Å². The van der Waals surface area contributed by atoms with Gasteiger partial charge >= 0.3 is 64.9 Å². The van der Waals surface area contributed by atoms with Crippen LogP contribution in [0.5, 0.6) is 0 Å². The zero-order valence-electron chi connectivity index (χ0n) is 16.6. The maximum atomic E-state index is 4.52. The van der Waals surface area contributed by atoms with E-state index in [0.29, 0.717) is 0 Å². The molecule has 0 saturated carbocycles. The van der Waals surface area contributed by atoms with E-state index in [1.165, 1.54) is 0 Å². The molecule has 30 heavy (non-hydrogen) atoms. The van der Waals surface area contributed by atoms with E-state index in [9.17, 15) is 0 Å². The van der Waals surface area contributed by atoms with Gasteiger partial charge in [0, 0.05) is 126 Å². The first-order valence-corrected chi connectivity index (χ1v) is 29.3. The summed E-state index contributed by atoms with van der Waals surface area (Å²) < 4.78 is 0. The van der Waals surface area contributed by atoms with Gasteiger partial charge in [-0.1, -0.05) is 27.7 Å². The number of nitrogens with zero attached hydrogens (tertiary/aromatic N) is 2.